The van der Waals surface area contributed by atoms with E-state index in [1.165, 1.54) is 0 Å². The van der Waals surface area contributed by atoms with Crippen molar-refractivity contribution >= 4 is 5.91 Å². The number of unbranched alkanes of at least 4 members (excludes halogenated alkanes) is 1. The fraction of sp³-hybridized carbons (Fsp3) is 0.857. The van der Waals surface area contributed by atoms with Crippen molar-refractivity contribution in [3.8, 4) is 0 Å². The molecule has 0 saturated heterocycles. The van der Waals surface area contributed by atoms with Crippen molar-refractivity contribution in [2.45, 2.75) is 32.7 Å². The van der Waals surface area contributed by atoms with Crippen LogP contribution in [0.15, 0.2) is 0 Å². The second kappa shape index (κ2) is 5.23. The molecule has 3 nitrogen and oxygen atoms in total. The lowest BCUT2D eigenvalue weighted by Gasteiger charge is -2.05. The number of amides is 1. The first kappa shape index (κ1) is 9.43. The third kappa shape index (κ3) is 4.32. The van der Waals surface area contributed by atoms with Gasteiger partial charge < -0.3 is 11.1 Å². The van der Waals surface area contributed by atoms with Crippen molar-refractivity contribution in [1.29, 1.82) is 0 Å². The van der Waals surface area contributed by atoms with E-state index in [-0.39, 0.29) is 11.9 Å². The molecule has 0 saturated carbocycles. The Bertz CT molecular complexity index is 102. The summed E-state index contributed by atoms with van der Waals surface area (Å²) in [5.41, 5.74) is 5.31. The van der Waals surface area contributed by atoms with Crippen LogP contribution in [0.4, 0.5) is 0 Å². The maximum absolute atomic E-state index is 10.8. The number of hydrogen-bond acceptors (Lipinski definition) is 2. The molecular weight excluding hydrogens is 128 g/mol. The maximum Gasteiger partial charge on any atom is 0.236 e. The number of rotatable bonds is 4. The smallest absolute Gasteiger partial charge is 0.236 e. The molecule has 1 atom stereocenters. The molecule has 10 heavy (non-hydrogen) atoms. The Labute approximate surface area is 62.0 Å². The normalized spacial score (nSPS) is 12.7. The van der Waals surface area contributed by atoms with E-state index in [9.17, 15) is 4.79 Å². The molecule has 3 N–H and O–H groups in total. The summed E-state index contributed by atoms with van der Waals surface area (Å²) in [4.78, 5) is 10.8. The van der Waals surface area contributed by atoms with Crippen molar-refractivity contribution in [2.75, 3.05) is 6.54 Å². The summed E-state index contributed by atoms with van der Waals surface area (Å²) in [5, 5.41) is 2.72. The molecule has 0 bridgehead atoms. The Kier molecular flexibility index (Phi) is 4.94. The second-order valence-electron chi connectivity index (χ2n) is 2.43. The zero-order chi connectivity index (χ0) is 7.98. The number of nitrogens with one attached hydrogen (secondary N) is 1. The molecule has 0 spiro atoms. The Balaban J connectivity index is 3.22. The van der Waals surface area contributed by atoms with Gasteiger partial charge in [-0.2, -0.15) is 0 Å². The standard InChI is InChI=1S/C7H16N2O/c1-3-4-5-9-7(10)6(2)8/h6H,3-5,8H2,1-2H3,(H,9,10)/t6-/m0/s1. The quantitative estimate of drug-likeness (QED) is 0.556. The minimum atomic E-state index is -0.378. The Hall–Kier alpha value is -0.570. The summed E-state index contributed by atoms with van der Waals surface area (Å²) < 4.78 is 0. The van der Waals surface area contributed by atoms with E-state index in [0.717, 1.165) is 19.4 Å². The van der Waals surface area contributed by atoms with E-state index >= 15 is 0 Å². The molecule has 0 aliphatic carbocycles. The van der Waals surface area contributed by atoms with Gasteiger partial charge in [-0.25, -0.2) is 0 Å². The third-order valence-corrected chi connectivity index (χ3v) is 1.24. The van der Waals surface area contributed by atoms with Crippen LogP contribution in [0.25, 0.3) is 0 Å². The van der Waals surface area contributed by atoms with Gasteiger partial charge in [0.25, 0.3) is 0 Å². The highest BCUT2D eigenvalue weighted by Gasteiger charge is 2.03. The van der Waals surface area contributed by atoms with Gasteiger partial charge in [-0.15, -0.1) is 0 Å². The van der Waals surface area contributed by atoms with Gasteiger partial charge in [0.2, 0.25) is 5.91 Å². The zero-order valence-electron chi connectivity index (χ0n) is 6.68. The largest absolute Gasteiger partial charge is 0.355 e. The summed E-state index contributed by atoms with van der Waals surface area (Å²) in [7, 11) is 0. The highest BCUT2D eigenvalue weighted by atomic mass is 16.2. The predicted molar refractivity (Wildman–Crippen MR) is 41.6 cm³/mol. The van der Waals surface area contributed by atoms with Gasteiger partial charge >= 0.3 is 0 Å². The first-order valence-corrected chi connectivity index (χ1v) is 3.71. The van der Waals surface area contributed by atoms with Crippen LogP contribution in [-0.4, -0.2) is 18.5 Å². The number of carbonyl (C=O) groups is 1. The maximum atomic E-state index is 10.8. The molecule has 0 aliphatic heterocycles. The average molecular weight is 144 g/mol. The molecule has 0 unspecified atom stereocenters. The van der Waals surface area contributed by atoms with E-state index in [1.54, 1.807) is 6.92 Å². The van der Waals surface area contributed by atoms with E-state index in [1.807, 2.05) is 0 Å². The highest BCUT2D eigenvalue weighted by molar-refractivity contribution is 5.80. The summed E-state index contributed by atoms with van der Waals surface area (Å²) in [5.74, 6) is -0.0616. The van der Waals surface area contributed by atoms with Crippen LogP contribution in [0.5, 0.6) is 0 Å². The van der Waals surface area contributed by atoms with Crippen molar-refractivity contribution < 1.29 is 4.79 Å². The molecule has 60 valence electrons. The number of nitrogens with two attached hydrogens (primary N) is 1. The molecule has 0 rings (SSSR count). The molecule has 0 aliphatic rings. The zero-order valence-corrected chi connectivity index (χ0v) is 6.68. The van der Waals surface area contributed by atoms with Gasteiger partial charge in [-0.05, 0) is 13.3 Å². The van der Waals surface area contributed by atoms with Crippen LogP contribution in [0.3, 0.4) is 0 Å². The summed E-state index contributed by atoms with van der Waals surface area (Å²) >= 11 is 0. The van der Waals surface area contributed by atoms with Crippen LogP contribution < -0.4 is 11.1 Å². The fourth-order valence-electron chi connectivity index (χ4n) is 0.549. The van der Waals surface area contributed by atoms with Gasteiger partial charge in [0.05, 0.1) is 6.04 Å². The predicted octanol–water partition coefficient (Wildman–Crippen LogP) is 0.250. The number of hydrogen-bond donors (Lipinski definition) is 2. The van der Waals surface area contributed by atoms with E-state index < -0.39 is 0 Å². The Morgan fingerprint density at radius 1 is 1.70 bits per heavy atom. The summed E-state index contributed by atoms with van der Waals surface area (Å²) in [6.45, 7) is 4.51. The molecule has 0 heterocycles. The minimum absolute atomic E-state index is 0.0616. The van der Waals surface area contributed by atoms with E-state index in [2.05, 4.69) is 12.2 Å². The SMILES string of the molecule is CCCCNC(=O)[C@H](C)N. The lowest BCUT2D eigenvalue weighted by molar-refractivity contribution is -0.121. The van der Waals surface area contributed by atoms with Crippen LogP contribution in [-0.2, 0) is 4.79 Å². The number of carbonyl (C=O) groups excluding carboxylic acids is 1. The monoisotopic (exact) mass is 144 g/mol. The summed E-state index contributed by atoms with van der Waals surface area (Å²) in [6.07, 6.45) is 2.12. The van der Waals surface area contributed by atoms with Crippen LogP contribution >= 0.6 is 0 Å². The van der Waals surface area contributed by atoms with Gasteiger partial charge in [-0.3, -0.25) is 4.79 Å². The Morgan fingerprint density at radius 3 is 2.70 bits per heavy atom. The minimum Gasteiger partial charge on any atom is -0.355 e. The first-order chi connectivity index (χ1) is 4.68. The van der Waals surface area contributed by atoms with Crippen LogP contribution in [0.2, 0.25) is 0 Å². The van der Waals surface area contributed by atoms with Gasteiger partial charge in [0, 0.05) is 6.54 Å². The topological polar surface area (TPSA) is 55.1 Å². The van der Waals surface area contributed by atoms with Crippen LogP contribution in [0.1, 0.15) is 26.7 Å². The van der Waals surface area contributed by atoms with Crippen LogP contribution in [0, 0.1) is 0 Å². The fourth-order valence-corrected chi connectivity index (χ4v) is 0.549. The molecular formula is C7H16N2O. The van der Waals surface area contributed by atoms with Crippen molar-refractivity contribution in [2.24, 2.45) is 5.73 Å². The third-order valence-electron chi connectivity index (χ3n) is 1.24. The summed E-state index contributed by atoms with van der Waals surface area (Å²) in [6, 6.07) is -0.378. The molecule has 0 aromatic heterocycles. The van der Waals surface area contributed by atoms with Crippen molar-refractivity contribution in [3.63, 3.8) is 0 Å². The van der Waals surface area contributed by atoms with Crippen molar-refractivity contribution in [1.82, 2.24) is 5.32 Å². The van der Waals surface area contributed by atoms with Crippen molar-refractivity contribution in [3.05, 3.63) is 0 Å². The molecule has 0 fully saturated rings. The lowest BCUT2D eigenvalue weighted by atomic mass is 10.3. The average Bonchev–Trinajstić information content (AvgIpc) is 1.88. The van der Waals surface area contributed by atoms with Gasteiger partial charge in [0.1, 0.15) is 0 Å². The lowest BCUT2D eigenvalue weighted by Crippen LogP contribution is -2.38. The molecule has 0 aromatic rings. The molecule has 0 radical (unpaired) electrons. The van der Waals surface area contributed by atoms with E-state index in [0.29, 0.717) is 0 Å². The first-order valence-electron chi connectivity index (χ1n) is 3.71. The van der Waals surface area contributed by atoms with Gasteiger partial charge in [-0.1, -0.05) is 13.3 Å². The van der Waals surface area contributed by atoms with E-state index in [4.69, 9.17) is 5.73 Å². The second-order valence-corrected chi connectivity index (χ2v) is 2.43. The molecule has 0 aromatic carbocycles. The highest BCUT2D eigenvalue weighted by Crippen LogP contribution is 1.83. The Morgan fingerprint density at radius 2 is 2.30 bits per heavy atom. The van der Waals surface area contributed by atoms with Gasteiger partial charge in [0.15, 0.2) is 0 Å². The molecule has 1 amide bonds. The molecule has 3 heteroatoms.